The minimum Gasteiger partial charge on any atom is -0.329 e. The summed E-state index contributed by atoms with van der Waals surface area (Å²) >= 11 is 0. The van der Waals surface area contributed by atoms with E-state index in [1.54, 1.807) is 6.92 Å². The number of anilines is 1. The molecule has 1 aromatic heterocycles. The molecule has 4 nitrogen and oxygen atoms in total. The number of carbonyl (C=O) groups excluding carboxylic acids is 1. The highest BCUT2D eigenvalue weighted by atomic mass is 19.1. The zero-order valence-electron chi connectivity index (χ0n) is 13.7. The Kier molecular flexibility index (Phi) is 3.42. The molecule has 3 aromatic rings. The van der Waals surface area contributed by atoms with E-state index in [9.17, 15) is 13.6 Å². The van der Waals surface area contributed by atoms with Crippen molar-refractivity contribution in [1.82, 2.24) is 9.55 Å². The van der Waals surface area contributed by atoms with Gasteiger partial charge in [0.05, 0.1) is 17.1 Å². The number of rotatable bonds is 2. The minimum absolute atomic E-state index is 0.164. The smallest absolute Gasteiger partial charge is 0.209 e. The summed E-state index contributed by atoms with van der Waals surface area (Å²) in [7, 11) is 0. The van der Waals surface area contributed by atoms with Crippen LogP contribution in [-0.2, 0) is 4.79 Å². The van der Waals surface area contributed by atoms with E-state index in [1.165, 1.54) is 19.1 Å². The quantitative estimate of drug-likeness (QED) is 0.761. The Morgan fingerprint density at radius 2 is 1.84 bits per heavy atom. The van der Waals surface area contributed by atoms with Crippen molar-refractivity contribution in [2.75, 3.05) is 5.32 Å². The first-order valence-corrected chi connectivity index (χ1v) is 7.87. The monoisotopic (exact) mass is 339 g/mol. The van der Waals surface area contributed by atoms with Gasteiger partial charge in [0.25, 0.3) is 0 Å². The number of carbonyl (C=O) groups is 1. The van der Waals surface area contributed by atoms with Crippen LogP contribution in [0.4, 0.5) is 14.7 Å². The number of ketones is 1. The van der Waals surface area contributed by atoms with Gasteiger partial charge < -0.3 is 5.32 Å². The molecule has 0 fully saturated rings. The number of Topliss-reactive ketones (excluding diaryl/α,β-unsaturated/α-hetero) is 1. The Morgan fingerprint density at radius 3 is 2.52 bits per heavy atom. The van der Waals surface area contributed by atoms with Crippen molar-refractivity contribution in [2.24, 2.45) is 0 Å². The third-order valence-corrected chi connectivity index (χ3v) is 4.41. The van der Waals surface area contributed by atoms with Crippen molar-refractivity contribution in [3.63, 3.8) is 0 Å². The van der Waals surface area contributed by atoms with Crippen LogP contribution in [0.1, 0.15) is 25.5 Å². The molecule has 0 amide bonds. The second-order valence-electron chi connectivity index (χ2n) is 6.12. The highest BCUT2D eigenvalue weighted by Gasteiger charge is 2.32. The van der Waals surface area contributed by atoms with E-state index in [0.29, 0.717) is 22.8 Å². The van der Waals surface area contributed by atoms with E-state index < -0.39 is 17.7 Å². The summed E-state index contributed by atoms with van der Waals surface area (Å²) in [4.78, 5) is 16.8. The fraction of sp³-hybridized carbons (Fsp3) is 0.158. The van der Waals surface area contributed by atoms with Crippen molar-refractivity contribution >= 4 is 22.8 Å². The summed E-state index contributed by atoms with van der Waals surface area (Å²) in [5, 5.41) is 3.13. The molecule has 0 radical (unpaired) electrons. The Hall–Kier alpha value is -3.02. The van der Waals surface area contributed by atoms with E-state index >= 15 is 0 Å². The Balaban J connectivity index is 2.06. The first kappa shape index (κ1) is 15.5. The molecule has 0 spiro atoms. The van der Waals surface area contributed by atoms with Crippen LogP contribution in [-0.4, -0.2) is 15.3 Å². The van der Waals surface area contributed by atoms with Crippen LogP contribution < -0.4 is 5.32 Å². The zero-order chi connectivity index (χ0) is 17.7. The summed E-state index contributed by atoms with van der Waals surface area (Å²) in [5.74, 6) is -0.985. The van der Waals surface area contributed by atoms with Crippen LogP contribution in [0.3, 0.4) is 0 Å². The van der Waals surface area contributed by atoms with Gasteiger partial charge in [0, 0.05) is 17.3 Å². The second-order valence-corrected chi connectivity index (χ2v) is 6.12. The van der Waals surface area contributed by atoms with Crippen LogP contribution in [0.15, 0.2) is 53.7 Å². The number of nitrogens with zero attached hydrogens (tertiary/aromatic N) is 2. The van der Waals surface area contributed by atoms with Crippen molar-refractivity contribution in [3.05, 3.63) is 70.9 Å². The maximum Gasteiger partial charge on any atom is 0.209 e. The number of allylic oxidation sites excluding steroid dienone is 2. The van der Waals surface area contributed by atoms with Gasteiger partial charge in [0.2, 0.25) is 5.95 Å². The zero-order valence-corrected chi connectivity index (χ0v) is 13.7. The maximum atomic E-state index is 13.8. The highest BCUT2D eigenvalue weighted by Crippen LogP contribution is 2.39. The Bertz CT molecular complexity index is 1030. The molecule has 2 heterocycles. The Labute approximate surface area is 142 Å². The van der Waals surface area contributed by atoms with E-state index in [1.807, 2.05) is 28.8 Å². The fourth-order valence-electron chi connectivity index (χ4n) is 3.47. The molecule has 0 bridgehead atoms. The van der Waals surface area contributed by atoms with Crippen molar-refractivity contribution in [2.45, 2.75) is 19.9 Å². The van der Waals surface area contributed by atoms with Gasteiger partial charge in [-0.2, -0.15) is 0 Å². The lowest BCUT2D eigenvalue weighted by atomic mass is 9.92. The number of halogens is 2. The van der Waals surface area contributed by atoms with E-state index in [0.717, 1.165) is 17.1 Å². The number of benzene rings is 2. The molecular weight excluding hydrogens is 324 g/mol. The fourth-order valence-corrected chi connectivity index (χ4v) is 3.47. The summed E-state index contributed by atoms with van der Waals surface area (Å²) < 4.78 is 29.5. The summed E-state index contributed by atoms with van der Waals surface area (Å²) in [6.07, 6.45) is 0. The third kappa shape index (κ3) is 2.41. The lowest BCUT2D eigenvalue weighted by Crippen LogP contribution is -2.27. The van der Waals surface area contributed by atoms with Gasteiger partial charge in [-0.3, -0.25) is 9.36 Å². The van der Waals surface area contributed by atoms with E-state index in [4.69, 9.17) is 0 Å². The van der Waals surface area contributed by atoms with Crippen LogP contribution >= 0.6 is 0 Å². The summed E-state index contributed by atoms with van der Waals surface area (Å²) in [6.45, 7) is 3.22. The van der Waals surface area contributed by atoms with Gasteiger partial charge >= 0.3 is 0 Å². The predicted octanol–water partition coefficient (Wildman–Crippen LogP) is 4.19. The Morgan fingerprint density at radius 1 is 1.16 bits per heavy atom. The lowest BCUT2D eigenvalue weighted by Gasteiger charge is -2.30. The molecule has 1 aliphatic heterocycles. The molecule has 2 aromatic carbocycles. The number of hydrogen-bond acceptors (Lipinski definition) is 3. The van der Waals surface area contributed by atoms with Gasteiger partial charge in [-0.15, -0.1) is 0 Å². The van der Waals surface area contributed by atoms with Gasteiger partial charge in [-0.05, 0) is 43.7 Å². The van der Waals surface area contributed by atoms with Crippen molar-refractivity contribution in [3.8, 4) is 0 Å². The van der Waals surface area contributed by atoms with Crippen molar-refractivity contribution in [1.29, 1.82) is 0 Å². The van der Waals surface area contributed by atoms with Crippen molar-refractivity contribution < 1.29 is 13.6 Å². The lowest BCUT2D eigenvalue weighted by molar-refractivity contribution is -0.114. The average molecular weight is 339 g/mol. The van der Waals surface area contributed by atoms with Gasteiger partial charge in [-0.25, -0.2) is 13.8 Å². The molecule has 1 aliphatic rings. The molecular formula is C19H15F2N3O. The highest BCUT2D eigenvalue weighted by molar-refractivity contribution is 5.97. The van der Waals surface area contributed by atoms with Crippen LogP contribution in [0.25, 0.3) is 11.0 Å². The largest absolute Gasteiger partial charge is 0.329 e. The topological polar surface area (TPSA) is 46.9 Å². The van der Waals surface area contributed by atoms with Crippen LogP contribution in [0.2, 0.25) is 0 Å². The SMILES string of the molecule is CC(=O)C1=C(C)Nc2nc3ccccc3n2[C@H]1c1cc(F)cc(F)c1. The number of hydrogen-bond donors (Lipinski definition) is 1. The first-order valence-electron chi connectivity index (χ1n) is 7.87. The molecule has 0 saturated heterocycles. The van der Waals surface area contributed by atoms with Gasteiger partial charge in [0.15, 0.2) is 5.78 Å². The maximum absolute atomic E-state index is 13.8. The first-order chi connectivity index (χ1) is 12.0. The summed E-state index contributed by atoms with van der Waals surface area (Å²) in [6, 6.07) is 10.1. The molecule has 1 N–H and O–H groups in total. The van der Waals surface area contributed by atoms with E-state index in [-0.39, 0.29) is 5.78 Å². The minimum atomic E-state index is -0.681. The normalized spacial score (nSPS) is 16.7. The van der Waals surface area contributed by atoms with E-state index in [2.05, 4.69) is 10.3 Å². The number of imidazole rings is 1. The molecule has 0 aliphatic carbocycles. The predicted molar refractivity (Wildman–Crippen MR) is 91.2 cm³/mol. The number of aromatic nitrogens is 2. The van der Waals surface area contributed by atoms with Gasteiger partial charge in [0.1, 0.15) is 11.6 Å². The third-order valence-electron chi connectivity index (χ3n) is 4.41. The second kappa shape index (κ2) is 5.51. The average Bonchev–Trinajstić information content (AvgIpc) is 2.89. The molecule has 25 heavy (non-hydrogen) atoms. The molecule has 0 saturated carbocycles. The molecule has 4 rings (SSSR count). The molecule has 126 valence electrons. The number of nitrogens with one attached hydrogen (secondary N) is 1. The standard InChI is InChI=1S/C19H15F2N3O/c1-10-17(11(2)25)18(12-7-13(20)9-14(21)8-12)24-16-6-4-3-5-15(16)23-19(24)22-10/h3-9,18H,1-2H3,(H,22,23)/t18-/m0/s1. The molecule has 6 heteroatoms. The number of para-hydroxylation sites is 2. The molecule has 1 atom stereocenters. The van der Waals surface area contributed by atoms with Crippen LogP contribution in [0, 0.1) is 11.6 Å². The van der Waals surface area contributed by atoms with Gasteiger partial charge in [-0.1, -0.05) is 12.1 Å². The number of fused-ring (bicyclic) bond motifs is 3. The van der Waals surface area contributed by atoms with Crippen LogP contribution in [0.5, 0.6) is 0 Å². The molecule has 0 unspecified atom stereocenters. The summed E-state index contributed by atoms with van der Waals surface area (Å²) in [5.41, 5.74) is 2.98.